The van der Waals surface area contributed by atoms with Gasteiger partial charge in [-0.2, -0.15) is 0 Å². The number of benzene rings is 1. The van der Waals surface area contributed by atoms with Crippen LogP contribution in [0.3, 0.4) is 0 Å². The van der Waals surface area contributed by atoms with E-state index in [2.05, 4.69) is 0 Å². The van der Waals surface area contributed by atoms with Gasteiger partial charge in [0.2, 0.25) is 0 Å². The van der Waals surface area contributed by atoms with Crippen LogP contribution in [0.15, 0.2) is 18.2 Å². The smallest absolute Gasteiger partial charge is 0.410 e. The molecule has 1 saturated heterocycles. The summed E-state index contributed by atoms with van der Waals surface area (Å²) >= 11 is 6.03. The molecule has 2 heterocycles. The van der Waals surface area contributed by atoms with Crippen LogP contribution in [-0.4, -0.2) is 35.8 Å². The van der Waals surface area contributed by atoms with Gasteiger partial charge in [0.25, 0.3) is 0 Å². The molecule has 0 spiro atoms. The maximum absolute atomic E-state index is 12.2. The summed E-state index contributed by atoms with van der Waals surface area (Å²) in [5, 5.41) is 0.720. The van der Waals surface area contributed by atoms with E-state index >= 15 is 0 Å². The molecule has 2 aliphatic rings. The number of fused-ring (bicyclic) bond motifs is 2. The summed E-state index contributed by atoms with van der Waals surface area (Å²) in [7, 11) is 0. The zero-order valence-corrected chi connectivity index (χ0v) is 13.3. The van der Waals surface area contributed by atoms with Crippen molar-refractivity contribution in [3.63, 3.8) is 0 Å². The van der Waals surface area contributed by atoms with Crippen molar-refractivity contribution in [2.75, 3.05) is 13.1 Å². The van der Waals surface area contributed by atoms with Gasteiger partial charge in [0.05, 0.1) is 6.54 Å². The Morgan fingerprint density at radius 3 is 2.86 bits per heavy atom. The first-order chi connectivity index (χ1) is 9.82. The molecule has 0 radical (unpaired) electrons. The van der Waals surface area contributed by atoms with E-state index in [-0.39, 0.29) is 12.2 Å². The molecule has 1 amide bonds. The highest BCUT2D eigenvalue weighted by Crippen LogP contribution is 2.36. The molecule has 1 aromatic carbocycles. The quantitative estimate of drug-likeness (QED) is 0.736. The van der Waals surface area contributed by atoms with Gasteiger partial charge in [0.1, 0.15) is 17.5 Å². The second-order valence-corrected chi connectivity index (χ2v) is 7.19. The van der Waals surface area contributed by atoms with Gasteiger partial charge in [-0.05, 0) is 51.0 Å². The van der Waals surface area contributed by atoms with E-state index in [0.717, 1.165) is 22.8 Å². The molecule has 2 aliphatic heterocycles. The average molecular weight is 310 g/mol. The topological polar surface area (TPSA) is 38.8 Å². The Labute approximate surface area is 130 Å². The van der Waals surface area contributed by atoms with Crippen LogP contribution >= 0.6 is 11.6 Å². The summed E-state index contributed by atoms with van der Waals surface area (Å²) in [4.78, 5) is 13.9. The average Bonchev–Trinajstić information content (AvgIpc) is 2.76. The zero-order valence-electron chi connectivity index (χ0n) is 12.6. The first kappa shape index (κ1) is 14.5. The molecule has 0 aliphatic carbocycles. The first-order valence-corrected chi connectivity index (χ1v) is 7.62. The number of likely N-dealkylation sites (tertiary alicyclic amines) is 1. The Balaban J connectivity index is 1.70. The fourth-order valence-electron chi connectivity index (χ4n) is 2.91. The highest BCUT2D eigenvalue weighted by molar-refractivity contribution is 6.30. The number of carbonyl (C=O) groups excluding carboxylic acids is 1. The number of ether oxygens (including phenoxy) is 2. The van der Waals surface area contributed by atoms with E-state index in [1.165, 1.54) is 0 Å². The third-order valence-corrected chi connectivity index (χ3v) is 4.05. The van der Waals surface area contributed by atoms with Crippen molar-refractivity contribution in [2.24, 2.45) is 5.92 Å². The molecule has 114 valence electrons. The number of hydrogen-bond acceptors (Lipinski definition) is 3. The molecule has 3 rings (SSSR count). The number of nitrogens with zero attached hydrogens (tertiary/aromatic N) is 1. The Hall–Kier alpha value is -1.42. The third-order valence-electron chi connectivity index (χ3n) is 3.82. The molecule has 21 heavy (non-hydrogen) atoms. The molecule has 5 heteroatoms. The number of halogens is 1. The van der Waals surface area contributed by atoms with Gasteiger partial charge in [-0.1, -0.05) is 11.6 Å². The van der Waals surface area contributed by atoms with Crippen LogP contribution in [0, 0.1) is 5.92 Å². The van der Waals surface area contributed by atoms with E-state index in [1.54, 1.807) is 4.90 Å². The van der Waals surface area contributed by atoms with Gasteiger partial charge in [-0.15, -0.1) is 0 Å². The highest BCUT2D eigenvalue weighted by atomic mass is 35.5. The summed E-state index contributed by atoms with van der Waals surface area (Å²) in [5.74, 6) is 1.19. The fraction of sp³-hybridized carbons (Fsp3) is 0.562. The maximum atomic E-state index is 12.2. The SMILES string of the molecule is CC(C)(C)OC(=O)N1C[C@H]2Cc3cc(Cl)ccc3O[C@@H]2C1. The lowest BCUT2D eigenvalue weighted by Gasteiger charge is -2.27. The summed E-state index contributed by atoms with van der Waals surface area (Å²) in [6.07, 6.45) is 0.675. The lowest BCUT2D eigenvalue weighted by molar-refractivity contribution is 0.0275. The molecule has 1 aromatic rings. The monoisotopic (exact) mass is 309 g/mol. The summed E-state index contributed by atoms with van der Waals surface area (Å²) in [6.45, 7) is 6.89. The predicted octanol–water partition coefficient (Wildman–Crippen LogP) is 3.51. The van der Waals surface area contributed by atoms with Crippen molar-refractivity contribution < 1.29 is 14.3 Å². The highest BCUT2D eigenvalue weighted by Gasteiger charge is 2.41. The normalized spacial score (nSPS) is 24.1. The van der Waals surface area contributed by atoms with Crippen molar-refractivity contribution in [1.82, 2.24) is 4.90 Å². The van der Waals surface area contributed by atoms with Crippen molar-refractivity contribution >= 4 is 17.7 Å². The minimum atomic E-state index is -0.470. The van der Waals surface area contributed by atoms with Crippen LogP contribution in [0.2, 0.25) is 5.02 Å². The van der Waals surface area contributed by atoms with Gasteiger partial charge in [-0.25, -0.2) is 4.79 Å². The van der Waals surface area contributed by atoms with Gasteiger partial charge in [-0.3, -0.25) is 0 Å². The van der Waals surface area contributed by atoms with Gasteiger partial charge >= 0.3 is 6.09 Å². The summed E-state index contributed by atoms with van der Waals surface area (Å²) in [6, 6.07) is 5.69. The standard InChI is InChI=1S/C16H20ClNO3/c1-16(2,3)21-15(19)18-8-11-6-10-7-12(17)4-5-13(10)20-14(11)9-18/h4-5,7,11,14H,6,8-9H2,1-3H3/t11-,14-/m1/s1. The lowest BCUT2D eigenvalue weighted by Crippen LogP contribution is -2.36. The number of carbonyl (C=O) groups is 1. The van der Waals surface area contributed by atoms with Gasteiger partial charge in [0, 0.05) is 17.5 Å². The van der Waals surface area contributed by atoms with E-state index in [9.17, 15) is 4.79 Å². The maximum Gasteiger partial charge on any atom is 0.410 e. The lowest BCUT2D eigenvalue weighted by atomic mass is 9.93. The predicted molar refractivity (Wildman–Crippen MR) is 80.9 cm³/mol. The van der Waals surface area contributed by atoms with Gasteiger partial charge in [0.15, 0.2) is 0 Å². The minimum Gasteiger partial charge on any atom is -0.488 e. The molecule has 0 aromatic heterocycles. The van der Waals surface area contributed by atoms with Crippen LogP contribution in [0.25, 0.3) is 0 Å². The van der Waals surface area contributed by atoms with E-state index in [0.29, 0.717) is 19.0 Å². The van der Waals surface area contributed by atoms with Crippen LogP contribution in [0.1, 0.15) is 26.3 Å². The molecular formula is C16H20ClNO3. The molecule has 2 atom stereocenters. The minimum absolute atomic E-state index is 0.0474. The number of rotatable bonds is 0. The Bertz CT molecular complexity index is 567. The van der Waals surface area contributed by atoms with Crippen molar-refractivity contribution in [3.8, 4) is 5.75 Å². The zero-order chi connectivity index (χ0) is 15.2. The Kier molecular flexibility index (Phi) is 3.52. The Morgan fingerprint density at radius 2 is 2.14 bits per heavy atom. The third kappa shape index (κ3) is 3.10. The fourth-order valence-corrected chi connectivity index (χ4v) is 3.11. The van der Waals surface area contributed by atoms with Crippen LogP contribution in [0.4, 0.5) is 4.79 Å². The van der Waals surface area contributed by atoms with Gasteiger partial charge < -0.3 is 14.4 Å². The number of amides is 1. The van der Waals surface area contributed by atoms with Crippen LogP contribution < -0.4 is 4.74 Å². The van der Waals surface area contributed by atoms with E-state index in [4.69, 9.17) is 21.1 Å². The van der Waals surface area contributed by atoms with Crippen molar-refractivity contribution in [3.05, 3.63) is 28.8 Å². The molecular weight excluding hydrogens is 290 g/mol. The number of hydrogen-bond donors (Lipinski definition) is 0. The molecule has 1 fully saturated rings. The molecule has 4 nitrogen and oxygen atoms in total. The van der Waals surface area contributed by atoms with E-state index in [1.807, 2.05) is 39.0 Å². The molecule has 0 bridgehead atoms. The summed E-state index contributed by atoms with van der Waals surface area (Å²) < 4.78 is 11.4. The Morgan fingerprint density at radius 1 is 1.38 bits per heavy atom. The second-order valence-electron chi connectivity index (χ2n) is 6.76. The first-order valence-electron chi connectivity index (χ1n) is 7.25. The van der Waals surface area contributed by atoms with Crippen LogP contribution in [0.5, 0.6) is 5.75 Å². The van der Waals surface area contributed by atoms with Crippen molar-refractivity contribution in [2.45, 2.75) is 38.9 Å². The molecule has 0 unspecified atom stereocenters. The largest absolute Gasteiger partial charge is 0.488 e. The van der Waals surface area contributed by atoms with Crippen LogP contribution in [-0.2, 0) is 11.2 Å². The molecule has 0 saturated carbocycles. The van der Waals surface area contributed by atoms with Crippen molar-refractivity contribution in [1.29, 1.82) is 0 Å². The second kappa shape index (κ2) is 5.09. The summed E-state index contributed by atoms with van der Waals surface area (Å²) in [5.41, 5.74) is 0.650. The van der Waals surface area contributed by atoms with E-state index < -0.39 is 5.60 Å². The molecule has 0 N–H and O–H groups in total.